The van der Waals surface area contributed by atoms with Gasteiger partial charge in [0.2, 0.25) is 0 Å². The second-order valence-corrected chi connectivity index (χ2v) is 5.02. The number of unbranched alkanes of at least 4 members (excludes halogenated alkanes) is 1. The molecule has 1 unspecified atom stereocenters. The van der Waals surface area contributed by atoms with Crippen LogP contribution < -0.4 is 5.32 Å². The molecule has 0 radical (unpaired) electrons. The van der Waals surface area contributed by atoms with Crippen molar-refractivity contribution < 1.29 is 4.39 Å². The van der Waals surface area contributed by atoms with Crippen LogP contribution in [0.2, 0.25) is 0 Å². The van der Waals surface area contributed by atoms with Gasteiger partial charge in [0.1, 0.15) is 17.4 Å². The van der Waals surface area contributed by atoms with E-state index >= 15 is 0 Å². The molecule has 0 saturated carbocycles. The number of rotatable bonds is 6. The van der Waals surface area contributed by atoms with Crippen molar-refractivity contribution in [1.82, 2.24) is 0 Å². The van der Waals surface area contributed by atoms with Gasteiger partial charge in [0.05, 0.1) is 11.7 Å². The lowest BCUT2D eigenvalue weighted by atomic mass is 10.00. The maximum Gasteiger partial charge on any atom is 0.143 e. The molecule has 0 aliphatic carbocycles. The summed E-state index contributed by atoms with van der Waals surface area (Å²) in [5.74, 6) is -0.482. The minimum atomic E-state index is -0.482. The minimum Gasteiger partial charge on any atom is -0.377 e. The number of nitrogens with zero attached hydrogens (tertiary/aromatic N) is 1. The number of hydrogen-bond acceptors (Lipinski definition) is 2. The van der Waals surface area contributed by atoms with Crippen molar-refractivity contribution in [3.8, 4) is 6.07 Å². The van der Waals surface area contributed by atoms with Crippen LogP contribution in [0.1, 0.15) is 43.4 Å². The van der Waals surface area contributed by atoms with Crippen LogP contribution in [0.25, 0.3) is 0 Å². The third kappa shape index (κ3) is 3.82. The van der Waals surface area contributed by atoms with Gasteiger partial charge in [0, 0.05) is 0 Å². The fourth-order valence-electron chi connectivity index (χ4n) is 2.36. The molecule has 0 bridgehead atoms. The maximum absolute atomic E-state index is 13.7. The zero-order valence-electron chi connectivity index (χ0n) is 12.1. The van der Waals surface area contributed by atoms with Gasteiger partial charge in [-0.3, -0.25) is 0 Å². The highest BCUT2D eigenvalue weighted by Crippen LogP contribution is 2.27. The molecule has 2 rings (SSSR count). The van der Waals surface area contributed by atoms with Crippen LogP contribution in [0.5, 0.6) is 0 Å². The molecule has 0 saturated heterocycles. The third-order valence-corrected chi connectivity index (χ3v) is 3.50. The molecular formula is C18H19FN2. The van der Waals surface area contributed by atoms with Crippen LogP contribution in [-0.4, -0.2) is 0 Å². The van der Waals surface area contributed by atoms with Gasteiger partial charge in [-0.15, -0.1) is 0 Å². The molecule has 0 fully saturated rings. The van der Waals surface area contributed by atoms with Gasteiger partial charge in [-0.25, -0.2) is 4.39 Å². The first-order valence-electron chi connectivity index (χ1n) is 7.26. The Morgan fingerprint density at radius 2 is 1.90 bits per heavy atom. The predicted molar refractivity (Wildman–Crippen MR) is 83.4 cm³/mol. The number of benzene rings is 2. The van der Waals surface area contributed by atoms with Gasteiger partial charge < -0.3 is 5.32 Å². The molecule has 3 heteroatoms. The summed E-state index contributed by atoms with van der Waals surface area (Å²) in [5, 5.41) is 12.5. The van der Waals surface area contributed by atoms with Crippen LogP contribution in [0.15, 0.2) is 48.5 Å². The van der Waals surface area contributed by atoms with E-state index in [1.165, 1.54) is 6.07 Å². The average molecular weight is 282 g/mol. The van der Waals surface area contributed by atoms with E-state index in [1.54, 1.807) is 12.1 Å². The lowest BCUT2D eigenvalue weighted by molar-refractivity contribution is 0.618. The van der Waals surface area contributed by atoms with Crippen molar-refractivity contribution in [3.05, 3.63) is 65.5 Å². The molecule has 2 nitrogen and oxygen atoms in total. The lowest BCUT2D eigenvalue weighted by Gasteiger charge is -2.21. The molecule has 0 aliphatic rings. The number of nitrogens with one attached hydrogen (secondary N) is 1. The number of nitriles is 1. The normalized spacial score (nSPS) is 11.7. The zero-order valence-corrected chi connectivity index (χ0v) is 12.1. The molecule has 1 atom stereocenters. The summed E-state index contributed by atoms with van der Waals surface area (Å²) in [5.41, 5.74) is 1.79. The van der Waals surface area contributed by atoms with Crippen molar-refractivity contribution in [2.45, 2.75) is 32.2 Å². The SMILES string of the molecule is CCCCC(Nc1cccc(F)c1C#N)c1ccccc1. The predicted octanol–water partition coefficient (Wildman–Crippen LogP) is 5.04. The molecule has 0 heterocycles. The van der Waals surface area contributed by atoms with Gasteiger partial charge in [0.25, 0.3) is 0 Å². The summed E-state index contributed by atoms with van der Waals surface area (Å²) in [6, 6.07) is 16.8. The Hall–Kier alpha value is -2.34. The van der Waals surface area contributed by atoms with E-state index in [0.717, 1.165) is 24.8 Å². The van der Waals surface area contributed by atoms with E-state index in [9.17, 15) is 4.39 Å². The van der Waals surface area contributed by atoms with Crippen LogP contribution in [0, 0.1) is 17.1 Å². The van der Waals surface area contributed by atoms with Crippen molar-refractivity contribution >= 4 is 5.69 Å². The Morgan fingerprint density at radius 3 is 2.57 bits per heavy atom. The van der Waals surface area contributed by atoms with Crippen LogP contribution in [0.3, 0.4) is 0 Å². The van der Waals surface area contributed by atoms with Gasteiger partial charge in [-0.2, -0.15) is 5.26 Å². The van der Waals surface area contributed by atoms with Gasteiger partial charge in [0.15, 0.2) is 0 Å². The van der Waals surface area contributed by atoms with Crippen molar-refractivity contribution in [1.29, 1.82) is 5.26 Å². The van der Waals surface area contributed by atoms with Crippen LogP contribution in [0.4, 0.5) is 10.1 Å². The van der Waals surface area contributed by atoms with Crippen LogP contribution in [-0.2, 0) is 0 Å². The maximum atomic E-state index is 13.7. The summed E-state index contributed by atoms with van der Waals surface area (Å²) in [6.07, 6.45) is 3.12. The summed E-state index contributed by atoms with van der Waals surface area (Å²) < 4.78 is 13.7. The Morgan fingerprint density at radius 1 is 1.14 bits per heavy atom. The highest BCUT2D eigenvalue weighted by molar-refractivity contribution is 5.59. The first kappa shape index (κ1) is 15.1. The van der Waals surface area contributed by atoms with Crippen molar-refractivity contribution in [3.63, 3.8) is 0 Å². The first-order chi connectivity index (χ1) is 10.3. The fourth-order valence-corrected chi connectivity index (χ4v) is 2.36. The minimum absolute atomic E-state index is 0.0786. The zero-order chi connectivity index (χ0) is 15.1. The molecule has 2 aromatic carbocycles. The Kier molecular flexibility index (Phi) is 5.34. The second kappa shape index (κ2) is 7.44. The molecule has 0 amide bonds. The van der Waals surface area contributed by atoms with Crippen molar-refractivity contribution in [2.75, 3.05) is 5.32 Å². The Balaban J connectivity index is 2.28. The van der Waals surface area contributed by atoms with Gasteiger partial charge in [-0.1, -0.05) is 56.2 Å². The molecule has 21 heavy (non-hydrogen) atoms. The van der Waals surface area contributed by atoms with Gasteiger partial charge >= 0.3 is 0 Å². The summed E-state index contributed by atoms with van der Waals surface area (Å²) >= 11 is 0. The summed E-state index contributed by atoms with van der Waals surface area (Å²) in [7, 11) is 0. The second-order valence-electron chi connectivity index (χ2n) is 5.02. The average Bonchev–Trinajstić information content (AvgIpc) is 2.52. The topological polar surface area (TPSA) is 35.8 Å². The van der Waals surface area contributed by atoms with Crippen molar-refractivity contribution in [2.24, 2.45) is 0 Å². The molecule has 2 aromatic rings. The monoisotopic (exact) mass is 282 g/mol. The van der Waals surface area contributed by atoms with E-state index in [1.807, 2.05) is 24.3 Å². The third-order valence-electron chi connectivity index (χ3n) is 3.50. The highest BCUT2D eigenvalue weighted by atomic mass is 19.1. The fraction of sp³-hybridized carbons (Fsp3) is 0.278. The largest absolute Gasteiger partial charge is 0.377 e. The van der Waals surface area contributed by atoms with E-state index < -0.39 is 5.82 Å². The Labute approximate surface area is 125 Å². The standard InChI is InChI=1S/C18H19FN2/c1-2-3-11-17(14-8-5-4-6-9-14)21-18-12-7-10-16(19)15(18)13-20/h4-10,12,17,21H,2-3,11H2,1H3. The Bertz CT molecular complexity index is 617. The quantitative estimate of drug-likeness (QED) is 0.805. The van der Waals surface area contributed by atoms with Gasteiger partial charge in [-0.05, 0) is 24.1 Å². The van der Waals surface area contributed by atoms with Crippen LogP contribution >= 0.6 is 0 Å². The number of halogens is 1. The summed E-state index contributed by atoms with van der Waals surface area (Å²) in [4.78, 5) is 0. The molecule has 108 valence electrons. The number of hydrogen-bond donors (Lipinski definition) is 1. The lowest BCUT2D eigenvalue weighted by Crippen LogP contribution is -2.12. The van der Waals surface area contributed by atoms with E-state index in [2.05, 4.69) is 24.4 Å². The molecule has 0 aromatic heterocycles. The highest BCUT2D eigenvalue weighted by Gasteiger charge is 2.14. The molecule has 0 aliphatic heterocycles. The number of anilines is 1. The molecule has 1 N–H and O–H groups in total. The first-order valence-corrected chi connectivity index (χ1v) is 7.26. The van der Waals surface area contributed by atoms with E-state index in [0.29, 0.717) is 5.69 Å². The van der Waals surface area contributed by atoms with E-state index in [-0.39, 0.29) is 11.6 Å². The molecular weight excluding hydrogens is 263 g/mol. The smallest absolute Gasteiger partial charge is 0.143 e. The molecule has 0 spiro atoms. The van der Waals surface area contributed by atoms with E-state index in [4.69, 9.17) is 5.26 Å². The summed E-state index contributed by atoms with van der Waals surface area (Å²) in [6.45, 7) is 2.14.